The van der Waals surface area contributed by atoms with E-state index in [1.165, 1.54) is 0 Å². The normalized spacial score (nSPS) is 23.9. The van der Waals surface area contributed by atoms with Crippen molar-refractivity contribution in [3.8, 4) is 0 Å². The van der Waals surface area contributed by atoms with Crippen molar-refractivity contribution in [3.63, 3.8) is 0 Å². The van der Waals surface area contributed by atoms with Crippen molar-refractivity contribution < 1.29 is 9.21 Å². The smallest absolute Gasteiger partial charge is 0.240 e. The summed E-state index contributed by atoms with van der Waals surface area (Å²) in [6.45, 7) is 4.82. The number of benzene rings is 1. The predicted octanol–water partition coefficient (Wildman–Crippen LogP) is 2.75. The highest BCUT2D eigenvalue weighted by atomic mass is 16.3. The Morgan fingerprint density at radius 3 is 2.95 bits per heavy atom. The van der Waals surface area contributed by atoms with Crippen molar-refractivity contribution in [2.75, 3.05) is 6.54 Å². The number of nitrogens with one attached hydrogen (secondary N) is 2. The quantitative estimate of drug-likeness (QED) is 0.903. The van der Waals surface area contributed by atoms with Gasteiger partial charge in [-0.1, -0.05) is 18.2 Å². The number of fused-ring (bicyclic) bond motifs is 1. The third kappa shape index (κ3) is 2.31. The van der Waals surface area contributed by atoms with Crippen LogP contribution in [0.1, 0.15) is 38.5 Å². The molecular weight excluding hydrogens is 252 g/mol. The lowest BCUT2D eigenvalue weighted by molar-refractivity contribution is -0.127. The number of hydrogen-bond acceptors (Lipinski definition) is 3. The SMILES string of the molecule is CC(NC(=O)C1(C)CCCN1)c1cc2ccccc2o1. The lowest BCUT2D eigenvalue weighted by atomic mass is 9.99. The van der Waals surface area contributed by atoms with Gasteiger partial charge < -0.3 is 15.1 Å². The molecular formula is C16H20N2O2. The zero-order valence-electron chi connectivity index (χ0n) is 11.9. The summed E-state index contributed by atoms with van der Waals surface area (Å²) in [6.07, 6.45) is 1.93. The molecule has 1 aliphatic heterocycles. The molecule has 106 valence electrons. The predicted molar refractivity (Wildman–Crippen MR) is 78.4 cm³/mol. The van der Waals surface area contributed by atoms with E-state index in [1.54, 1.807) is 0 Å². The molecule has 2 atom stereocenters. The molecule has 0 aliphatic carbocycles. The minimum Gasteiger partial charge on any atom is -0.459 e. The van der Waals surface area contributed by atoms with Crippen molar-refractivity contribution in [2.45, 2.75) is 38.3 Å². The maximum atomic E-state index is 12.4. The molecule has 0 spiro atoms. The number of rotatable bonds is 3. The molecule has 4 heteroatoms. The molecule has 0 bridgehead atoms. The fourth-order valence-corrected chi connectivity index (χ4v) is 2.73. The van der Waals surface area contributed by atoms with Crippen LogP contribution in [0.4, 0.5) is 0 Å². The van der Waals surface area contributed by atoms with E-state index in [-0.39, 0.29) is 11.9 Å². The molecule has 1 aromatic heterocycles. The number of amides is 1. The molecule has 3 rings (SSSR count). The lowest BCUT2D eigenvalue weighted by Gasteiger charge is -2.25. The first-order chi connectivity index (χ1) is 9.58. The summed E-state index contributed by atoms with van der Waals surface area (Å²) in [6, 6.07) is 9.74. The first kappa shape index (κ1) is 13.2. The summed E-state index contributed by atoms with van der Waals surface area (Å²) in [5.41, 5.74) is 0.411. The zero-order chi connectivity index (χ0) is 14.2. The Bertz CT molecular complexity index is 593. The summed E-state index contributed by atoms with van der Waals surface area (Å²) < 4.78 is 5.79. The number of carbonyl (C=O) groups excluding carboxylic acids is 1. The molecule has 1 saturated heterocycles. The van der Waals surface area contributed by atoms with Gasteiger partial charge in [-0.15, -0.1) is 0 Å². The van der Waals surface area contributed by atoms with Gasteiger partial charge in [-0.3, -0.25) is 4.79 Å². The van der Waals surface area contributed by atoms with Crippen LogP contribution in [-0.4, -0.2) is 18.0 Å². The second kappa shape index (κ2) is 4.94. The highest BCUT2D eigenvalue weighted by Gasteiger charge is 2.36. The first-order valence-corrected chi connectivity index (χ1v) is 7.13. The second-order valence-corrected chi connectivity index (χ2v) is 5.74. The topological polar surface area (TPSA) is 54.3 Å². The fraction of sp³-hybridized carbons (Fsp3) is 0.438. The van der Waals surface area contributed by atoms with Gasteiger partial charge in [0, 0.05) is 5.39 Å². The van der Waals surface area contributed by atoms with E-state index < -0.39 is 5.54 Å². The van der Waals surface area contributed by atoms with E-state index in [0.29, 0.717) is 0 Å². The summed E-state index contributed by atoms with van der Waals surface area (Å²) in [4.78, 5) is 12.4. The third-order valence-corrected chi connectivity index (χ3v) is 4.09. The van der Waals surface area contributed by atoms with Crippen LogP contribution in [0.5, 0.6) is 0 Å². The van der Waals surface area contributed by atoms with Crippen LogP contribution >= 0.6 is 0 Å². The minimum absolute atomic E-state index is 0.0444. The maximum Gasteiger partial charge on any atom is 0.240 e. The summed E-state index contributed by atoms with van der Waals surface area (Å²) >= 11 is 0. The minimum atomic E-state index is -0.444. The van der Waals surface area contributed by atoms with Crippen LogP contribution in [0.3, 0.4) is 0 Å². The number of carbonyl (C=O) groups is 1. The molecule has 2 heterocycles. The summed E-state index contributed by atoms with van der Waals surface area (Å²) in [5.74, 6) is 0.837. The molecule has 2 N–H and O–H groups in total. The Hall–Kier alpha value is -1.81. The molecule has 0 radical (unpaired) electrons. The van der Waals surface area contributed by atoms with Crippen LogP contribution in [0.15, 0.2) is 34.7 Å². The van der Waals surface area contributed by atoms with Gasteiger partial charge in [0.1, 0.15) is 11.3 Å². The highest BCUT2D eigenvalue weighted by molar-refractivity contribution is 5.86. The van der Waals surface area contributed by atoms with E-state index >= 15 is 0 Å². The van der Waals surface area contributed by atoms with Crippen molar-refractivity contribution in [1.82, 2.24) is 10.6 Å². The Morgan fingerprint density at radius 2 is 2.25 bits per heavy atom. The van der Waals surface area contributed by atoms with E-state index in [0.717, 1.165) is 36.1 Å². The van der Waals surface area contributed by atoms with E-state index in [4.69, 9.17) is 4.42 Å². The van der Waals surface area contributed by atoms with Crippen molar-refractivity contribution in [1.29, 1.82) is 0 Å². The molecule has 1 aromatic carbocycles. The van der Waals surface area contributed by atoms with E-state index in [2.05, 4.69) is 10.6 Å². The largest absolute Gasteiger partial charge is 0.459 e. The molecule has 1 fully saturated rings. The molecule has 2 aromatic rings. The molecule has 1 aliphatic rings. The van der Waals surface area contributed by atoms with Crippen LogP contribution in [-0.2, 0) is 4.79 Å². The number of para-hydroxylation sites is 1. The lowest BCUT2D eigenvalue weighted by Crippen LogP contribution is -2.51. The first-order valence-electron chi connectivity index (χ1n) is 7.13. The number of furan rings is 1. The standard InChI is InChI=1S/C16H20N2O2/c1-11(18-15(19)16(2)8-5-9-17-16)14-10-12-6-3-4-7-13(12)20-14/h3-4,6-7,10-11,17H,5,8-9H2,1-2H3,(H,18,19). The van der Waals surface area contributed by atoms with Crippen molar-refractivity contribution >= 4 is 16.9 Å². The van der Waals surface area contributed by atoms with Gasteiger partial charge in [0.2, 0.25) is 5.91 Å². The molecule has 0 saturated carbocycles. The maximum absolute atomic E-state index is 12.4. The summed E-state index contributed by atoms with van der Waals surface area (Å²) in [7, 11) is 0. The number of hydrogen-bond donors (Lipinski definition) is 2. The Balaban J connectivity index is 1.75. The van der Waals surface area contributed by atoms with Gasteiger partial charge in [0.05, 0.1) is 11.6 Å². The molecule has 4 nitrogen and oxygen atoms in total. The van der Waals surface area contributed by atoms with Gasteiger partial charge in [-0.25, -0.2) is 0 Å². The third-order valence-electron chi connectivity index (χ3n) is 4.09. The van der Waals surface area contributed by atoms with Crippen LogP contribution in [0.25, 0.3) is 11.0 Å². The Labute approximate surface area is 118 Å². The van der Waals surface area contributed by atoms with Gasteiger partial charge in [-0.2, -0.15) is 0 Å². The highest BCUT2D eigenvalue weighted by Crippen LogP contribution is 2.25. The molecule has 20 heavy (non-hydrogen) atoms. The van der Waals surface area contributed by atoms with Gasteiger partial charge >= 0.3 is 0 Å². The van der Waals surface area contributed by atoms with Crippen LogP contribution in [0.2, 0.25) is 0 Å². The Kier molecular flexibility index (Phi) is 3.26. The van der Waals surface area contributed by atoms with Crippen molar-refractivity contribution in [3.05, 3.63) is 36.1 Å². The average Bonchev–Trinajstić information content (AvgIpc) is 3.05. The average molecular weight is 272 g/mol. The monoisotopic (exact) mass is 272 g/mol. The zero-order valence-corrected chi connectivity index (χ0v) is 11.9. The van der Waals surface area contributed by atoms with Crippen LogP contribution in [0, 0.1) is 0 Å². The van der Waals surface area contributed by atoms with Crippen LogP contribution < -0.4 is 10.6 Å². The summed E-state index contributed by atoms with van der Waals surface area (Å²) in [5, 5.41) is 7.38. The van der Waals surface area contributed by atoms with E-state index in [1.807, 2.05) is 44.2 Å². The molecule has 2 unspecified atom stereocenters. The van der Waals surface area contributed by atoms with Crippen molar-refractivity contribution in [2.24, 2.45) is 0 Å². The Morgan fingerprint density at radius 1 is 1.45 bits per heavy atom. The van der Waals surface area contributed by atoms with E-state index in [9.17, 15) is 4.79 Å². The van der Waals surface area contributed by atoms with Gasteiger partial charge in [0.15, 0.2) is 0 Å². The fourth-order valence-electron chi connectivity index (χ4n) is 2.73. The molecule has 1 amide bonds. The second-order valence-electron chi connectivity index (χ2n) is 5.74. The van der Waals surface area contributed by atoms with Gasteiger partial charge in [-0.05, 0) is 45.4 Å². The van der Waals surface area contributed by atoms with Gasteiger partial charge in [0.25, 0.3) is 0 Å².